The molecule has 0 aliphatic rings. The molecule has 0 saturated heterocycles. The van der Waals surface area contributed by atoms with Gasteiger partial charge in [0, 0.05) is 11.6 Å². The molecule has 5 nitrogen and oxygen atoms in total. The second kappa shape index (κ2) is 4.69. The van der Waals surface area contributed by atoms with Gasteiger partial charge in [-0.1, -0.05) is 0 Å². The fourth-order valence-electron chi connectivity index (χ4n) is 1.42. The Labute approximate surface area is 99.2 Å². The van der Waals surface area contributed by atoms with Crippen molar-refractivity contribution in [3.05, 3.63) is 30.6 Å². The van der Waals surface area contributed by atoms with E-state index in [1.165, 1.54) is 0 Å². The number of hydrogen-bond donors (Lipinski definition) is 1. The van der Waals surface area contributed by atoms with E-state index in [9.17, 15) is 0 Å². The van der Waals surface area contributed by atoms with Crippen molar-refractivity contribution in [2.24, 2.45) is 0 Å². The molecule has 17 heavy (non-hydrogen) atoms. The number of ether oxygens (including phenoxy) is 2. The van der Waals surface area contributed by atoms with Crippen LogP contribution in [-0.4, -0.2) is 24.2 Å². The van der Waals surface area contributed by atoms with Gasteiger partial charge in [-0.05, 0) is 12.1 Å². The Morgan fingerprint density at radius 2 is 1.47 bits per heavy atom. The van der Waals surface area contributed by atoms with Crippen molar-refractivity contribution in [2.45, 2.75) is 0 Å². The zero-order chi connectivity index (χ0) is 12.3. The molecular formula is C12H13N3O2. The summed E-state index contributed by atoms with van der Waals surface area (Å²) in [4.78, 5) is 8.30. The van der Waals surface area contributed by atoms with Crippen molar-refractivity contribution in [2.75, 3.05) is 20.0 Å². The lowest BCUT2D eigenvalue weighted by Crippen LogP contribution is -1.94. The van der Waals surface area contributed by atoms with Crippen LogP contribution in [0.15, 0.2) is 30.6 Å². The number of hydrogen-bond acceptors (Lipinski definition) is 5. The summed E-state index contributed by atoms with van der Waals surface area (Å²) in [7, 11) is 3.20. The van der Waals surface area contributed by atoms with Gasteiger partial charge in [-0.25, -0.2) is 9.97 Å². The molecule has 0 saturated carbocycles. The highest BCUT2D eigenvalue weighted by molar-refractivity contribution is 5.61. The first-order valence-corrected chi connectivity index (χ1v) is 5.04. The number of methoxy groups -OCH3 is 2. The van der Waals surface area contributed by atoms with Crippen LogP contribution < -0.4 is 15.2 Å². The lowest BCUT2D eigenvalue weighted by Gasteiger charge is -2.07. The molecule has 0 unspecified atom stereocenters. The van der Waals surface area contributed by atoms with Crippen molar-refractivity contribution < 1.29 is 9.47 Å². The van der Waals surface area contributed by atoms with Crippen molar-refractivity contribution >= 4 is 5.69 Å². The fraction of sp³-hybridized carbons (Fsp3) is 0.167. The first-order chi connectivity index (χ1) is 8.22. The van der Waals surface area contributed by atoms with E-state index in [0.717, 1.165) is 5.56 Å². The molecule has 0 amide bonds. The number of benzene rings is 1. The molecule has 88 valence electrons. The minimum absolute atomic E-state index is 0.531. The maximum atomic E-state index is 5.54. The highest BCUT2D eigenvalue weighted by Crippen LogP contribution is 2.27. The minimum atomic E-state index is 0.531. The predicted molar refractivity (Wildman–Crippen MR) is 65.0 cm³/mol. The van der Waals surface area contributed by atoms with Gasteiger partial charge >= 0.3 is 0 Å². The molecule has 0 aliphatic carbocycles. The van der Waals surface area contributed by atoms with Gasteiger partial charge < -0.3 is 15.2 Å². The van der Waals surface area contributed by atoms with E-state index in [1.807, 2.05) is 12.1 Å². The third kappa shape index (κ3) is 2.44. The molecule has 1 aromatic heterocycles. The molecule has 5 heteroatoms. The molecule has 2 rings (SSSR count). The summed E-state index contributed by atoms with van der Waals surface area (Å²) >= 11 is 0. The van der Waals surface area contributed by atoms with Crippen molar-refractivity contribution in [1.82, 2.24) is 9.97 Å². The lowest BCUT2D eigenvalue weighted by molar-refractivity contribution is 0.394. The summed E-state index contributed by atoms with van der Waals surface area (Å²) in [5, 5.41) is 0. The van der Waals surface area contributed by atoms with Crippen LogP contribution in [-0.2, 0) is 0 Å². The second-order valence-corrected chi connectivity index (χ2v) is 3.44. The average molecular weight is 231 g/mol. The first kappa shape index (κ1) is 11.2. The number of rotatable bonds is 3. The van der Waals surface area contributed by atoms with Crippen LogP contribution in [0.1, 0.15) is 0 Å². The van der Waals surface area contributed by atoms with E-state index < -0.39 is 0 Å². The standard InChI is InChI=1S/C12H13N3O2/c1-16-10-3-8(4-11(5-10)17-2)12-14-6-9(13)7-15-12/h3-7H,13H2,1-2H3. The van der Waals surface area contributed by atoms with Gasteiger partial charge in [0.15, 0.2) is 5.82 Å². The maximum Gasteiger partial charge on any atom is 0.159 e. The van der Waals surface area contributed by atoms with Crippen LogP contribution in [0.3, 0.4) is 0 Å². The van der Waals surface area contributed by atoms with Crippen molar-refractivity contribution in [3.63, 3.8) is 0 Å². The Morgan fingerprint density at radius 3 is 1.94 bits per heavy atom. The summed E-state index contributed by atoms with van der Waals surface area (Å²) in [5.74, 6) is 1.97. The Kier molecular flexibility index (Phi) is 3.09. The van der Waals surface area contributed by atoms with Crippen LogP contribution in [0.5, 0.6) is 11.5 Å². The molecule has 1 aromatic carbocycles. The van der Waals surface area contributed by atoms with Gasteiger partial charge in [0.05, 0.1) is 32.3 Å². The Morgan fingerprint density at radius 1 is 0.941 bits per heavy atom. The van der Waals surface area contributed by atoms with E-state index in [2.05, 4.69) is 9.97 Å². The second-order valence-electron chi connectivity index (χ2n) is 3.44. The summed E-state index contributed by atoms with van der Waals surface area (Å²) in [6, 6.07) is 5.48. The van der Waals surface area contributed by atoms with Gasteiger partial charge in [-0.15, -0.1) is 0 Å². The van der Waals surface area contributed by atoms with E-state index in [-0.39, 0.29) is 0 Å². The van der Waals surface area contributed by atoms with E-state index >= 15 is 0 Å². The highest BCUT2D eigenvalue weighted by Gasteiger charge is 2.06. The molecule has 2 N–H and O–H groups in total. The molecule has 0 radical (unpaired) electrons. The fourth-order valence-corrected chi connectivity index (χ4v) is 1.42. The molecule has 0 spiro atoms. The SMILES string of the molecule is COc1cc(OC)cc(-c2ncc(N)cn2)c1. The quantitative estimate of drug-likeness (QED) is 0.871. The number of nitrogens with zero attached hydrogens (tertiary/aromatic N) is 2. The molecule has 0 bridgehead atoms. The minimum Gasteiger partial charge on any atom is -0.497 e. The van der Waals surface area contributed by atoms with Gasteiger partial charge in [0.2, 0.25) is 0 Å². The summed E-state index contributed by atoms with van der Waals surface area (Å²) in [5.41, 5.74) is 6.89. The first-order valence-electron chi connectivity index (χ1n) is 5.04. The predicted octanol–water partition coefficient (Wildman–Crippen LogP) is 1.74. The van der Waals surface area contributed by atoms with Gasteiger partial charge in [-0.3, -0.25) is 0 Å². The van der Waals surface area contributed by atoms with E-state index in [0.29, 0.717) is 23.0 Å². The maximum absolute atomic E-state index is 5.54. The van der Waals surface area contributed by atoms with Gasteiger partial charge in [-0.2, -0.15) is 0 Å². The van der Waals surface area contributed by atoms with Gasteiger partial charge in [0.25, 0.3) is 0 Å². The third-order valence-electron chi connectivity index (χ3n) is 2.28. The topological polar surface area (TPSA) is 70.3 Å². The Balaban J connectivity index is 2.46. The van der Waals surface area contributed by atoms with Crippen LogP contribution in [0.2, 0.25) is 0 Å². The number of aromatic nitrogens is 2. The third-order valence-corrected chi connectivity index (χ3v) is 2.28. The number of nitrogen functional groups attached to an aromatic ring is 1. The van der Waals surface area contributed by atoms with Crippen molar-refractivity contribution in [1.29, 1.82) is 0 Å². The monoisotopic (exact) mass is 231 g/mol. The highest BCUT2D eigenvalue weighted by atomic mass is 16.5. The normalized spacial score (nSPS) is 10.0. The van der Waals surface area contributed by atoms with Crippen LogP contribution >= 0.6 is 0 Å². The van der Waals surface area contributed by atoms with Gasteiger partial charge in [0.1, 0.15) is 11.5 Å². The molecule has 1 heterocycles. The van der Waals surface area contributed by atoms with E-state index in [4.69, 9.17) is 15.2 Å². The average Bonchev–Trinajstić information content (AvgIpc) is 2.39. The Hall–Kier alpha value is -2.30. The van der Waals surface area contributed by atoms with Crippen molar-refractivity contribution in [3.8, 4) is 22.9 Å². The zero-order valence-electron chi connectivity index (χ0n) is 9.68. The Bertz CT molecular complexity index is 489. The van der Waals surface area contributed by atoms with E-state index in [1.54, 1.807) is 32.7 Å². The molecule has 2 aromatic rings. The summed E-state index contributed by atoms with van der Waals surface area (Å²) in [6.07, 6.45) is 3.13. The van der Waals surface area contributed by atoms with Crippen LogP contribution in [0.4, 0.5) is 5.69 Å². The molecular weight excluding hydrogens is 218 g/mol. The van der Waals surface area contributed by atoms with Crippen LogP contribution in [0, 0.1) is 0 Å². The molecule has 0 fully saturated rings. The smallest absolute Gasteiger partial charge is 0.159 e. The number of anilines is 1. The van der Waals surface area contributed by atoms with Crippen LogP contribution in [0.25, 0.3) is 11.4 Å². The zero-order valence-corrected chi connectivity index (χ0v) is 9.68. The summed E-state index contributed by atoms with van der Waals surface area (Å²) < 4.78 is 10.4. The largest absolute Gasteiger partial charge is 0.497 e. The number of nitrogens with two attached hydrogens (primary N) is 1. The summed E-state index contributed by atoms with van der Waals surface area (Å²) in [6.45, 7) is 0. The molecule has 0 aliphatic heterocycles. The molecule has 0 atom stereocenters. The lowest BCUT2D eigenvalue weighted by atomic mass is 10.2.